The fourth-order valence-corrected chi connectivity index (χ4v) is 6.00. The Kier molecular flexibility index (Phi) is 6.91. The monoisotopic (exact) mass is 530 g/mol. The number of nitrogens with one attached hydrogen (secondary N) is 3. The van der Waals surface area contributed by atoms with Crippen molar-refractivity contribution in [2.75, 3.05) is 28.6 Å². The van der Waals surface area contributed by atoms with Crippen LogP contribution in [0.25, 0.3) is 0 Å². The number of carbonyl (C=O) groups is 3. The third kappa shape index (κ3) is 5.65. The molecule has 4 aliphatic rings. The zero-order chi connectivity index (χ0) is 27.9. The van der Waals surface area contributed by atoms with Gasteiger partial charge < -0.3 is 25.6 Å². The lowest BCUT2D eigenvalue weighted by Gasteiger charge is -2.57. The van der Waals surface area contributed by atoms with E-state index in [4.69, 9.17) is 4.74 Å². The Bertz CT molecular complexity index is 1330. The number of nitrogens with zero attached hydrogens (tertiary/aromatic N) is 1. The lowest BCUT2D eigenvalue weighted by molar-refractivity contribution is -0.117. The van der Waals surface area contributed by atoms with E-state index in [9.17, 15) is 14.4 Å². The van der Waals surface area contributed by atoms with Crippen LogP contribution in [0.3, 0.4) is 0 Å². The number of para-hydroxylation sites is 2. The topological polar surface area (TPSA) is 99.8 Å². The molecular formula is C31H38N4O4. The van der Waals surface area contributed by atoms with Crippen molar-refractivity contribution in [1.29, 1.82) is 0 Å². The highest BCUT2D eigenvalue weighted by atomic mass is 16.6. The van der Waals surface area contributed by atoms with Gasteiger partial charge in [0.05, 0.1) is 16.9 Å². The van der Waals surface area contributed by atoms with Gasteiger partial charge in [0.2, 0.25) is 5.91 Å². The van der Waals surface area contributed by atoms with Crippen LogP contribution in [-0.2, 0) is 9.53 Å². The van der Waals surface area contributed by atoms with E-state index in [0.29, 0.717) is 35.7 Å². The van der Waals surface area contributed by atoms with E-state index in [2.05, 4.69) is 40.8 Å². The Labute approximate surface area is 230 Å². The van der Waals surface area contributed by atoms with Crippen LogP contribution in [0.4, 0.5) is 21.9 Å². The largest absolute Gasteiger partial charge is 0.456 e. The summed E-state index contributed by atoms with van der Waals surface area (Å²) in [6.07, 6.45) is 4.69. The maximum atomic E-state index is 13.2. The van der Waals surface area contributed by atoms with E-state index in [1.807, 2.05) is 24.3 Å². The van der Waals surface area contributed by atoms with E-state index in [-0.39, 0.29) is 5.91 Å². The Balaban J connectivity index is 1.30. The molecule has 6 rings (SSSR count). The Morgan fingerprint density at radius 2 is 1.90 bits per heavy atom. The molecule has 0 radical (unpaired) electrons. The van der Waals surface area contributed by atoms with Crippen LogP contribution in [0.5, 0.6) is 0 Å². The van der Waals surface area contributed by atoms with Gasteiger partial charge in [-0.3, -0.25) is 4.79 Å². The van der Waals surface area contributed by atoms with Crippen molar-refractivity contribution in [3.8, 4) is 0 Å². The molecule has 1 fully saturated rings. The van der Waals surface area contributed by atoms with Gasteiger partial charge in [-0.25, -0.2) is 9.59 Å². The minimum atomic E-state index is -0.780. The number of anilines is 3. The number of carbonyl (C=O) groups excluding carboxylic acids is 3. The highest BCUT2D eigenvalue weighted by Crippen LogP contribution is 2.59. The first-order valence-electron chi connectivity index (χ1n) is 13.7. The molecule has 3 N–H and O–H groups in total. The van der Waals surface area contributed by atoms with Crippen LogP contribution < -0.4 is 20.9 Å². The first kappa shape index (κ1) is 26.8. The number of esters is 1. The smallest absolute Gasteiger partial charge is 0.338 e. The van der Waals surface area contributed by atoms with Crippen LogP contribution in [-0.4, -0.2) is 42.6 Å². The molecule has 8 nitrogen and oxygen atoms in total. The fraction of sp³-hybridized carbons (Fsp3) is 0.452. The summed E-state index contributed by atoms with van der Waals surface area (Å²) in [6, 6.07) is 13.0. The summed E-state index contributed by atoms with van der Waals surface area (Å²) in [5.74, 6) is 0.547. The minimum absolute atomic E-state index is 0.274. The van der Waals surface area contributed by atoms with Gasteiger partial charge in [0.25, 0.3) is 0 Å². The van der Waals surface area contributed by atoms with Crippen LogP contribution in [0, 0.1) is 17.3 Å². The SMILES string of the molecule is CC(C)(C)OC(=O)c1cccc(NC(=O)N[C@@H]2CN(CC3=CCC4C[C@H]3C4(C)C)c3ccccc3NC2=O)c1. The third-order valence-corrected chi connectivity index (χ3v) is 8.24. The molecule has 1 unspecified atom stereocenters. The molecule has 2 aromatic rings. The summed E-state index contributed by atoms with van der Waals surface area (Å²) in [6.45, 7) is 11.2. The van der Waals surface area contributed by atoms with Crippen LogP contribution in [0.15, 0.2) is 60.2 Å². The van der Waals surface area contributed by atoms with Gasteiger partial charge in [-0.15, -0.1) is 0 Å². The highest BCUT2D eigenvalue weighted by Gasteiger charge is 2.51. The van der Waals surface area contributed by atoms with Crippen molar-refractivity contribution < 1.29 is 19.1 Å². The average Bonchev–Trinajstić information content (AvgIpc) is 2.99. The first-order chi connectivity index (χ1) is 18.4. The fourth-order valence-electron chi connectivity index (χ4n) is 6.00. The molecule has 3 aliphatic carbocycles. The maximum Gasteiger partial charge on any atom is 0.338 e. The van der Waals surface area contributed by atoms with Crippen molar-refractivity contribution in [2.45, 2.75) is 59.1 Å². The molecule has 1 aliphatic heterocycles. The maximum absolute atomic E-state index is 13.2. The van der Waals surface area contributed by atoms with Crippen LogP contribution >= 0.6 is 0 Å². The van der Waals surface area contributed by atoms with Crippen molar-refractivity contribution in [2.24, 2.45) is 17.3 Å². The molecule has 206 valence electrons. The summed E-state index contributed by atoms with van der Waals surface area (Å²) in [7, 11) is 0. The second-order valence-corrected chi connectivity index (χ2v) is 12.4. The number of rotatable bonds is 5. The molecule has 1 heterocycles. The van der Waals surface area contributed by atoms with Gasteiger partial charge in [0.15, 0.2) is 0 Å². The molecule has 1 saturated carbocycles. The zero-order valence-corrected chi connectivity index (χ0v) is 23.3. The lowest BCUT2D eigenvalue weighted by Crippen LogP contribution is -2.52. The Morgan fingerprint density at radius 1 is 1.13 bits per heavy atom. The average molecular weight is 531 g/mol. The minimum Gasteiger partial charge on any atom is -0.456 e. The van der Waals surface area contributed by atoms with Gasteiger partial charge >= 0.3 is 12.0 Å². The number of ether oxygens (including phenoxy) is 1. The van der Waals surface area contributed by atoms with Crippen LogP contribution in [0.1, 0.15) is 57.8 Å². The van der Waals surface area contributed by atoms with E-state index in [1.165, 1.54) is 12.0 Å². The molecule has 2 aromatic carbocycles. The van der Waals surface area contributed by atoms with E-state index < -0.39 is 23.6 Å². The highest BCUT2D eigenvalue weighted by molar-refractivity contribution is 6.03. The number of allylic oxidation sites excluding steroid dienone is 1. The van der Waals surface area contributed by atoms with Crippen LogP contribution in [0.2, 0.25) is 0 Å². The predicted molar refractivity (Wildman–Crippen MR) is 153 cm³/mol. The van der Waals surface area contributed by atoms with E-state index >= 15 is 0 Å². The molecule has 0 spiro atoms. The van der Waals surface area contributed by atoms with Gasteiger partial charge in [-0.05, 0) is 81.2 Å². The summed E-state index contributed by atoms with van der Waals surface area (Å²) in [5, 5.41) is 8.59. The van der Waals surface area contributed by atoms with E-state index in [0.717, 1.165) is 23.7 Å². The molecular weight excluding hydrogens is 492 g/mol. The standard InChI is InChI=1S/C31H38N4O4/c1-30(2,3)39-28(37)19-9-8-10-22(15-19)32-29(38)34-25-18-35(26-12-7-6-11-24(26)33-27(25)36)17-20-13-14-21-16-23(20)31(21,4)5/h6-13,15,21,23,25H,14,16-18H2,1-5H3,(H,33,36)(H2,32,34,38)/t21?,23-,25-/m1/s1. The zero-order valence-electron chi connectivity index (χ0n) is 23.3. The number of hydrogen-bond donors (Lipinski definition) is 3. The number of amides is 3. The van der Waals surface area contributed by atoms with Gasteiger partial charge in [0, 0.05) is 18.8 Å². The van der Waals surface area contributed by atoms with Crippen molar-refractivity contribution >= 4 is 35.0 Å². The first-order valence-corrected chi connectivity index (χ1v) is 13.7. The summed E-state index contributed by atoms with van der Waals surface area (Å²) in [5.41, 5.74) is 3.53. The normalized spacial score (nSPS) is 23.3. The second-order valence-electron chi connectivity index (χ2n) is 12.4. The Morgan fingerprint density at radius 3 is 2.62 bits per heavy atom. The van der Waals surface area contributed by atoms with Gasteiger partial charge in [0.1, 0.15) is 11.6 Å². The Hall–Kier alpha value is -3.81. The van der Waals surface area contributed by atoms with Gasteiger partial charge in [-0.2, -0.15) is 0 Å². The quantitative estimate of drug-likeness (QED) is 0.346. The number of benzene rings is 2. The molecule has 2 bridgehead atoms. The lowest BCUT2D eigenvalue weighted by atomic mass is 9.49. The van der Waals surface area contributed by atoms with E-state index in [1.54, 1.807) is 45.0 Å². The van der Waals surface area contributed by atoms with Gasteiger partial charge in [-0.1, -0.05) is 43.7 Å². The predicted octanol–water partition coefficient (Wildman–Crippen LogP) is 5.58. The molecule has 8 heteroatoms. The summed E-state index contributed by atoms with van der Waals surface area (Å²) < 4.78 is 5.43. The molecule has 3 amide bonds. The number of fused-ring (bicyclic) bond motifs is 2. The third-order valence-electron chi connectivity index (χ3n) is 8.24. The molecule has 0 saturated heterocycles. The van der Waals surface area contributed by atoms with Crippen molar-refractivity contribution in [1.82, 2.24) is 5.32 Å². The number of urea groups is 1. The summed E-state index contributed by atoms with van der Waals surface area (Å²) in [4.78, 5) is 40.9. The number of hydrogen-bond acceptors (Lipinski definition) is 5. The molecule has 3 atom stereocenters. The molecule has 0 aromatic heterocycles. The van der Waals surface area contributed by atoms with Crippen molar-refractivity contribution in [3.05, 3.63) is 65.7 Å². The second kappa shape index (κ2) is 10.1. The van der Waals surface area contributed by atoms with Crippen molar-refractivity contribution in [3.63, 3.8) is 0 Å². The molecule has 39 heavy (non-hydrogen) atoms. The summed E-state index contributed by atoms with van der Waals surface area (Å²) >= 11 is 0.